The van der Waals surface area contributed by atoms with Crippen molar-refractivity contribution in [3.05, 3.63) is 12.4 Å². The summed E-state index contributed by atoms with van der Waals surface area (Å²) in [5, 5.41) is 11.1. The van der Waals surface area contributed by atoms with Gasteiger partial charge in [-0.3, -0.25) is 9.48 Å². The standard InChI is InChI=1S/C13H21N5O/c19-13(8-14-12-3-4-12)17-6-1-2-11(9-17)10-18-7-5-15-16-18/h5,7,11-12,14H,1-4,6,8-10H2/t11-/m1/s1. The number of likely N-dealkylation sites (tertiary alicyclic amines) is 1. The Balaban J connectivity index is 1.47. The number of carbonyl (C=O) groups is 1. The van der Waals surface area contributed by atoms with Gasteiger partial charge >= 0.3 is 0 Å². The smallest absolute Gasteiger partial charge is 0.236 e. The van der Waals surface area contributed by atoms with E-state index in [0.717, 1.165) is 26.1 Å². The minimum Gasteiger partial charge on any atom is -0.341 e. The molecule has 3 rings (SSSR count). The molecule has 1 amide bonds. The quantitative estimate of drug-likeness (QED) is 0.828. The lowest BCUT2D eigenvalue weighted by molar-refractivity contribution is -0.132. The van der Waals surface area contributed by atoms with E-state index in [2.05, 4.69) is 15.6 Å². The van der Waals surface area contributed by atoms with E-state index < -0.39 is 0 Å². The molecule has 0 bridgehead atoms. The molecule has 1 aromatic heterocycles. The molecule has 2 heterocycles. The molecule has 1 atom stereocenters. The summed E-state index contributed by atoms with van der Waals surface area (Å²) in [5.74, 6) is 0.746. The highest BCUT2D eigenvalue weighted by molar-refractivity contribution is 5.78. The van der Waals surface area contributed by atoms with Gasteiger partial charge in [-0.25, -0.2) is 0 Å². The maximum atomic E-state index is 12.1. The van der Waals surface area contributed by atoms with Crippen LogP contribution >= 0.6 is 0 Å². The summed E-state index contributed by atoms with van der Waals surface area (Å²) >= 11 is 0. The maximum Gasteiger partial charge on any atom is 0.236 e. The number of amides is 1. The van der Waals surface area contributed by atoms with Crippen molar-refractivity contribution in [1.29, 1.82) is 0 Å². The Morgan fingerprint density at radius 3 is 3.00 bits per heavy atom. The number of hydrogen-bond donors (Lipinski definition) is 1. The first kappa shape index (κ1) is 12.6. The van der Waals surface area contributed by atoms with Crippen LogP contribution in [0.2, 0.25) is 0 Å². The van der Waals surface area contributed by atoms with E-state index in [9.17, 15) is 4.79 Å². The van der Waals surface area contributed by atoms with E-state index in [1.54, 1.807) is 6.20 Å². The van der Waals surface area contributed by atoms with Crippen molar-refractivity contribution in [2.45, 2.75) is 38.3 Å². The van der Waals surface area contributed by atoms with Crippen LogP contribution in [0, 0.1) is 5.92 Å². The molecule has 0 aromatic carbocycles. The molecule has 19 heavy (non-hydrogen) atoms. The largest absolute Gasteiger partial charge is 0.341 e. The Labute approximate surface area is 113 Å². The second-order valence-corrected chi connectivity index (χ2v) is 5.63. The molecule has 1 N–H and O–H groups in total. The van der Waals surface area contributed by atoms with Crippen LogP contribution in [0.3, 0.4) is 0 Å². The molecule has 1 saturated carbocycles. The van der Waals surface area contributed by atoms with Gasteiger partial charge in [0.15, 0.2) is 0 Å². The average molecular weight is 263 g/mol. The average Bonchev–Trinajstić information content (AvgIpc) is 3.13. The Hall–Kier alpha value is -1.43. The van der Waals surface area contributed by atoms with Gasteiger partial charge in [0.2, 0.25) is 5.91 Å². The fourth-order valence-corrected chi connectivity index (χ4v) is 2.67. The van der Waals surface area contributed by atoms with Gasteiger partial charge in [-0.2, -0.15) is 0 Å². The summed E-state index contributed by atoms with van der Waals surface area (Å²) in [6, 6.07) is 0.597. The zero-order valence-electron chi connectivity index (χ0n) is 11.2. The van der Waals surface area contributed by atoms with Crippen molar-refractivity contribution < 1.29 is 4.79 Å². The monoisotopic (exact) mass is 263 g/mol. The molecule has 104 valence electrons. The van der Waals surface area contributed by atoms with Crippen molar-refractivity contribution in [1.82, 2.24) is 25.2 Å². The van der Waals surface area contributed by atoms with Gasteiger partial charge in [0.05, 0.1) is 12.7 Å². The third-order valence-corrected chi connectivity index (χ3v) is 3.91. The Morgan fingerprint density at radius 2 is 2.26 bits per heavy atom. The van der Waals surface area contributed by atoms with Gasteiger partial charge in [-0.05, 0) is 31.6 Å². The lowest BCUT2D eigenvalue weighted by atomic mass is 9.98. The molecular weight excluding hydrogens is 242 g/mol. The summed E-state index contributed by atoms with van der Waals surface area (Å²) in [7, 11) is 0. The van der Waals surface area contributed by atoms with Crippen LogP contribution in [-0.2, 0) is 11.3 Å². The van der Waals surface area contributed by atoms with Crippen molar-refractivity contribution in [3.63, 3.8) is 0 Å². The van der Waals surface area contributed by atoms with Crippen LogP contribution in [0.5, 0.6) is 0 Å². The van der Waals surface area contributed by atoms with Gasteiger partial charge in [-0.15, -0.1) is 5.10 Å². The SMILES string of the molecule is O=C(CNC1CC1)N1CCC[C@@H](Cn2ccnn2)C1. The molecule has 2 fully saturated rings. The highest BCUT2D eigenvalue weighted by Gasteiger charge is 2.26. The molecule has 0 spiro atoms. The number of rotatable bonds is 5. The predicted octanol–water partition coefficient (Wildman–Crippen LogP) is 0.269. The van der Waals surface area contributed by atoms with Crippen molar-refractivity contribution >= 4 is 5.91 Å². The predicted molar refractivity (Wildman–Crippen MR) is 70.4 cm³/mol. The lowest BCUT2D eigenvalue weighted by Gasteiger charge is -2.32. The number of aromatic nitrogens is 3. The summed E-state index contributed by atoms with van der Waals surface area (Å²) < 4.78 is 1.86. The van der Waals surface area contributed by atoms with Crippen molar-refractivity contribution in [3.8, 4) is 0 Å². The summed E-state index contributed by atoms with van der Waals surface area (Å²) in [6.45, 7) is 3.12. The third kappa shape index (κ3) is 3.53. The van der Waals surface area contributed by atoms with E-state index in [-0.39, 0.29) is 5.91 Å². The summed E-state index contributed by atoms with van der Waals surface area (Å²) in [6.07, 6.45) is 8.29. The van der Waals surface area contributed by atoms with E-state index >= 15 is 0 Å². The number of carbonyl (C=O) groups excluding carboxylic acids is 1. The highest BCUT2D eigenvalue weighted by atomic mass is 16.2. The number of piperidine rings is 1. The molecule has 6 heteroatoms. The summed E-state index contributed by atoms with van der Waals surface area (Å²) in [5.41, 5.74) is 0. The van der Waals surface area contributed by atoms with Gasteiger partial charge in [0, 0.05) is 31.9 Å². The number of nitrogens with zero attached hydrogens (tertiary/aromatic N) is 4. The molecule has 1 aromatic rings. The van der Waals surface area contributed by atoms with E-state index in [1.165, 1.54) is 19.3 Å². The lowest BCUT2D eigenvalue weighted by Crippen LogP contribution is -2.45. The second kappa shape index (κ2) is 5.69. The van der Waals surface area contributed by atoms with E-state index in [4.69, 9.17) is 0 Å². The van der Waals surface area contributed by atoms with Gasteiger partial charge in [0.25, 0.3) is 0 Å². The molecular formula is C13H21N5O. The molecule has 0 unspecified atom stereocenters. The number of nitrogens with one attached hydrogen (secondary N) is 1. The zero-order valence-corrected chi connectivity index (χ0v) is 11.2. The van der Waals surface area contributed by atoms with Crippen LogP contribution in [0.15, 0.2) is 12.4 Å². The van der Waals surface area contributed by atoms with Gasteiger partial charge in [-0.1, -0.05) is 5.21 Å². The zero-order chi connectivity index (χ0) is 13.1. The normalized spacial score (nSPS) is 23.6. The first-order chi connectivity index (χ1) is 9.31. The fourth-order valence-electron chi connectivity index (χ4n) is 2.67. The van der Waals surface area contributed by atoms with Crippen LogP contribution in [-0.4, -0.2) is 51.5 Å². The molecule has 0 radical (unpaired) electrons. The minimum absolute atomic E-state index is 0.246. The molecule has 1 aliphatic carbocycles. The van der Waals surface area contributed by atoms with Gasteiger partial charge < -0.3 is 10.2 Å². The highest BCUT2D eigenvalue weighted by Crippen LogP contribution is 2.20. The minimum atomic E-state index is 0.246. The van der Waals surface area contributed by atoms with Crippen LogP contribution in [0.1, 0.15) is 25.7 Å². The van der Waals surface area contributed by atoms with Crippen molar-refractivity contribution in [2.75, 3.05) is 19.6 Å². The van der Waals surface area contributed by atoms with Crippen LogP contribution in [0.25, 0.3) is 0 Å². The Morgan fingerprint density at radius 1 is 1.37 bits per heavy atom. The Bertz CT molecular complexity index is 415. The Kier molecular flexibility index (Phi) is 3.77. The van der Waals surface area contributed by atoms with Crippen molar-refractivity contribution in [2.24, 2.45) is 5.92 Å². The molecule has 1 saturated heterocycles. The molecule has 6 nitrogen and oxygen atoms in total. The third-order valence-electron chi connectivity index (χ3n) is 3.91. The number of hydrogen-bond acceptors (Lipinski definition) is 4. The summed E-state index contributed by atoms with van der Waals surface area (Å²) in [4.78, 5) is 14.1. The first-order valence-corrected chi connectivity index (χ1v) is 7.16. The first-order valence-electron chi connectivity index (χ1n) is 7.16. The molecule has 1 aliphatic heterocycles. The second-order valence-electron chi connectivity index (χ2n) is 5.63. The van der Waals surface area contributed by atoms with Crippen LogP contribution < -0.4 is 5.32 Å². The van der Waals surface area contributed by atoms with Gasteiger partial charge in [0.1, 0.15) is 0 Å². The topological polar surface area (TPSA) is 63.1 Å². The van der Waals surface area contributed by atoms with E-state index in [0.29, 0.717) is 18.5 Å². The fraction of sp³-hybridized carbons (Fsp3) is 0.769. The van der Waals surface area contributed by atoms with E-state index in [1.807, 2.05) is 15.8 Å². The molecule has 2 aliphatic rings. The van der Waals surface area contributed by atoms with Crippen LogP contribution in [0.4, 0.5) is 0 Å². The maximum absolute atomic E-state index is 12.1.